The number of hydrogen-bond donors (Lipinski definition) is 1. The van der Waals surface area contributed by atoms with Gasteiger partial charge in [-0.05, 0) is 36.1 Å². The van der Waals surface area contributed by atoms with Gasteiger partial charge in [-0.3, -0.25) is 5.01 Å². The van der Waals surface area contributed by atoms with Crippen molar-refractivity contribution >= 4 is 0 Å². The van der Waals surface area contributed by atoms with Gasteiger partial charge < -0.3 is 5.11 Å². The van der Waals surface area contributed by atoms with E-state index in [1.54, 1.807) is 12.1 Å². The summed E-state index contributed by atoms with van der Waals surface area (Å²) >= 11 is 0. The summed E-state index contributed by atoms with van der Waals surface area (Å²) in [5.41, 5.74) is 2.32. The Morgan fingerprint density at radius 2 is 1.93 bits per heavy atom. The number of aromatic hydroxyl groups is 1. The molecule has 0 radical (unpaired) electrons. The van der Waals surface area contributed by atoms with Gasteiger partial charge in [-0.15, -0.1) is 4.91 Å². The van der Waals surface area contributed by atoms with Crippen LogP contribution in [0.15, 0.2) is 23.5 Å². The molecule has 74 valence electrons. The first kappa shape index (κ1) is 8.99. The Balaban J connectivity index is 2.25. The molecule has 4 heteroatoms. The van der Waals surface area contributed by atoms with Crippen molar-refractivity contribution in [3.05, 3.63) is 34.2 Å². The molecule has 0 saturated heterocycles. The fraction of sp³-hybridized carbons (Fsp3) is 0.400. The molecule has 1 heterocycles. The molecule has 1 N–H and O–H groups in total. The Kier molecular flexibility index (Phi) is 2.35. The molecule has 0 amide bonds. The van der Waals surface area contributed by atoms with Crippen molar-refractivity contribution in [3.8, 4) is 5.75 Å². The first-order valence-electron chi connectivity index (χ1n) is 4.68. The zero-order valence-corrected chi connectivity index (χ0v) is 7.81. The predicted molar refractivity (Wildman–Crippen MR) is 52.9 cm³/mol. The summed E-state index contributed by atoms with van der Waals surface area (Å²) in [5.74, 6) is 0.288. The monoisotopic (exact) mass is 192 g/mol. The number of benzene rings is 1. The number of rotatable bonds is 1. The highest BCUT2D eigenvalue weighted by Crippen LogP contribution is 2.20. The van der Waals surface area contributed by atoms with Crippen molar-refractivity contribution in [2.75, 3.05) is 13.1 Å². The van der Waals surface area contributed by atoms with Crippen LogP contribution in [0.25, 0.3) is 0 Å². The lowest BCUT2D eigenvalue weighted by molar-refractivity contribution is 0.299. The van der Waals surface area contributed by atoms with E-state index >= 15 is 0 Å². The van der Waals surface area contributed by atoms with Crippen molar-refractivity contribution < 1.29 is 5.11 Å². The Bertz CT molecular complexity index is 352. The number of fused-ring (bicyclic) bond motifs is 1. The van der Waals surface area contributed by atoms with E-state index in [1.165, 1.54) is 10.6 Å². The molecule has 0 atom stereocenters. The van der Waals surface area contributed by atoms with Gasteiger partial charge in [0.15, 0.2) is 0 Å². The number of phenols is 1. The smallest absolute Gasteiger partial charge is 0.115 e. The molecule has 2 rings (SSSR count). The maximum absolute atomic E-state index is 10.4. The Labute approximate surface area is 82.1 Å². The average Bonchev–Trinajstić information content (AvgIpc) is 2.39. The first-order valence-corrected chi connectivity index (χ1v) is 4.68. The second-order valence-corrected chi connectivity index (χ2v) is 3.49. The molecule has 1 aromatic rings. The number of nitroso groups, excluding NO2 is 1. The molecule has 4 nitrogen and oxygen atoms in total. The van der Waals surface area contributed by atoms with E-state index in [4.69, 9.17) is 0 Å². The fourth-order valence-electron chi connectivity index (χ4n) is 1.78. The van der Waals surface area contributed by atoms with Crippen molar-refractivity contribution in [1.82, 2.24) is 5.01 Å². The maximum Gasteiger partial charge on any atom is 0.115 e. The van der Waals surface area contributed by atoms with E-state index in [9.17, 15) is 10.0 Å². The summed E-state index contributed by atoms with van der Waals surface area (Å²) in [6.07, 6.45) is 1.59. The Morgan fingerprint density at radius 3 is 2.64 bits per heavy atom. The zero-order chi connectivity index (χ0) is 9.97. The molecule has 14 heavy (non-hydrogen) atoms. The number of phenolic OH excluding ortho intramolecular Hbond substituents is 1. The van der Waals surface area contributed by atoms with E-state index in [2.05, 4.69) is 5.29 Å². The second kappa shape index (κ2) is 3.65. The number of hydrogen-bond acceptors (Lipinski definition) is 3. The van der Waals surface area contributed by atoms with Gasteiger partial charge in [0.25, 0.3) is 0 Å². The van der Waals surface area contributed by atoms with Gasteiger partial charge in [0.1, 0.15) is 5.75 Å². The third-order valence-electron chi connectivity index (χ3n) is 2.58. The van der Waals surface area contributed by atoms with Gasteiger partial charge in [-0.1, -0.05) is 6.07 Å². The van der Waals surface area contributed by atoms with Crippen LogP contribution in [-0.2, 0) is 12.8 Å². The van der Waals surface area contributed by atoms with E-state index in [1.807, 2.05) is 6.07 Å². The van der Waals surface area contributed by atoms with Crippen LogP contribution in [0.2, 0.25) is 0 Å². The number of nitrogens with zero attached hydrogens (tertiary/aromatic N) is 2. The molecule has 0 spiro atoms. The van der Waals surface area contributed by atoms with E-state index in [0.29, 0.717) is 13.1 Å². The van der Waals surface area contributed by atoms with Gasteiger partial charge in [0.2, 0.25) is 0 Å². The molecular weight excluding hydrogens is 180 g/mol. The van der Waals surface area contributed by atoms with Crippen LogP contribution in [0.1, 0.15) is 11.1 Å². The van der Waals surface area contributed by atoms with Crippen LogP contribution in [-0.4, -0.2) is 23.2 Å². The van der Waals surface area contributed by atoms with Gasteiger partial charge in [0.05, 0.1) is 5.29 Å². The summed E-state index contributed by atoms with van der Waals surface area (Å²) in [7, 11) is 0. The summed E-state index contributed by atoms with van der Waals surface area (Å²) < 4.78 is 0. The maximum atomic E-state index is 10.4. The fourth-order valence-corrected chi connectivity index (χ4v) is 1.78. The normalized spacial score (nSPS) is 15.9. The highest BCUT2D eigenvalue weighted by Gasteiger charge is 2.13. The Hall–Kier alpha value is -1.58. The second-order valence-electron chi connectivity index (χ2n) is 3.49. The molecule has 1 aliphatic rings. The van der Waals surface area contributed by atoms with Crippen LogP contribution < -0.4 is 0 Å². The SMILES string of the molecule is O=NN1CCc2ccc(O)cc2CC1. The predicted octanol–water partition coefficient (Wildman–Crippen LogP) is 1.47. The minimum Gasteiger partial charge on any atom is -0.508 e. The molecule has 1 aromatic carbocycles. The van der Waals surface area contributed by atoms with Crippen molar-refractivity contribution in [2.24, 2.45) is 5.29 Å². The third-order valence-corrected chi connectivity index (χ3v) is 2.58. The lowest BCUT2D eigenvalue weighted by Gasteiger charge is -2.09. The van der Waals surface area contributed by atoms with Crippen LogP contribution in [0.3, 0.4) is 0 Å². The lowest BCUT2D eigenvalue weighted by atomic mass is 10.0. The quantitative estimate of drug-likeness (QED) is 0.685. The highest BCUT2D eigenvalue weighted by molar-refractivity contribution is 5.35. The molecule has 0 saturated carbocycles. The summed E-state index contributed by atoms with van der Waals surface area (Å²) in [4.78, 5) is 10.4. The first-order chi connectivity index (χ1) is 6.79. The van der Waals surface area contributed by atoms with Gasteiger partial charge in [-0.25, -0.2) is 0 Å². The van der Waals surface area contributed by atoms with Gasteiger partial charge in [0, 0.05) is 13.1 Å². The van der Waals surface area contributed by atoms with Gasteiger partial charge >= 0.3 is 0 Å². The minimum absolute atomic E-state index is 0.288. The van der Waals surface area contributed by atoms with E-state index in [0.717, 1.165) is 18.4 Å². The average molecular weight is 192 g/mol. The summed E-state index contributed by atoms with van der Waals surface area (Å²) in [6, 6.07) is 5.37. The Morgan fingerprint density at radius 1 is 1.21 bits per heavy atom. The van der Waals surface area contributed by atoms with Crippen molar-refractivity contribution in [1.29, 1.82) is 0 Å². The molecule has 0 fully saturated rings. The van der Waals surface area contributed by atoms with E-state index < -0.39 is 0 Å². The van der Waals surface area contributed by atoms with Crippen LogP contribution >= 0.6 is 0 Å². The van der Waals surface area contributed by atoms with Gasteiger partial charge in [-0.2, -0.15) is 0 Å². The van der Waals surface area contributed by atoms with Crippen LogP contribution in [0.5, 0.6) is 5.75 Å². The van der Waals surface area contributed by atoms with Crippen LogP contribution in [0.4, 0.5) is 0 Å². The van der Waals surface area contributed by atoms with Crippen LogP contribution in [0, 0.1) is 4.91 Å². The lowest BCUT2D eigenvalue weighted by Crippen LogP contribution is -2.19. The molecule has 1 aliphatic heterocycles. The summed E-state index contributed by atoms with van der Waals surface area (Å²) in [6.45, 7) is 1.31. The molecule has 0 unspecified atom stereocenters. The molecule has 0 bridgehead atoms. The largest absolute Gasteiger partial charge is 0.508 e. The molecule has 0 aliphatic carbocycles. The standard InChI is InChI=1S/C10H12N2O2/c13-10-2-1-8-3-5-12(11-14)6-4-9(8)7-10/h1-2,7,13H,3-6H2. The molecule has 0 aromatic heterocycles. The highest BCUT2D eigenvalue weighted by atomic mass is 16.3. The third kappa shape index (κ3) is 1.69. The zero-order valence-electron chi connectivity index (χ0n) is 7.81. The molecular formula is C10H12N2O2. The van der Waals surface area contributed by atoms with Crippen molar-refractivity contribution in [2.45, 2.75) is 12.8 Å². The van der Waals surface area contributed by atoms with Crippen molar-refractivity contribution in [3.63, 3.8) is 0 Å². The van der Waals surface area contributed by atoms with E-state index in [-0.39, 0.29) is 5.75 Å². The minimum atomic E-state index is 0.288. The summed E-state index contributed by atoms with van der Waals surface area (Å²) in [5, 5.41) is 13.8. The topological polar surface area (TPSA) is 52.9 Å².